The minimum absolute atomic E-state index is 0.00165. The Hall–Kier alpha value is -3.17. The molecule has 3 heterocycles. The van der Waals surface area contributed by atoms with E-state index in [9.17, 15) is 9.59 Å². The second kappa shape index (κ2) is 7.60. The van der Waals surface area contributed by atoms with E-state index in [2.05, 4.69) is 30.6 Å². The Morgan fingerprint density at radius 1 is 1.32 bits per heavy atom. The first kappa shape index (κ1) is 16.7. The van der Waals surface area contributed by atoms with E-state index >= 15 is 0 Å². The fourth-order valence-corrected chi connectivity index (χ4v) is 2.76. The molecule has 0 spiro atoms. The average molecular weight is 344 g/mol. The Bertz CT molecular complexity index is 732. The Kier molecular flexibility index (Phi) is 5.07. The zero-order valence-electron chi connectivity index (χ0n) is 13.6. The Balaban J connectivity index is 1.52. The van der Waals surface area contributed by atoms with Gasteiger partial charge in [-0.05, 0) is 18.9 Å². The van der Waals surface area contributed by atoms with Crippen LogP contribution >= 0.6 is 0 Å². The number of nitrogens with one attached hydrogen (secondary N) is 2. The van der Waals surface area contributed by atoms with Crippen LogP contribution in [0.5, 0.6) is 0 Å². The van der Waals surface area contributed by atoms with Gasteiger partial charge in [0.05, 0.1) is 11.9 Å². The Labute approximate surface area is 144 Å². The lowest BCUT2D eigenvalue weighted by molar-refractivity contribution is -0.118. The van der Waals surface area contributed by atoms with Crippen LogP contribution in [-0.2, 0) is 11.3 Å². The van der Waals surface area contributed by atoms with Crippen LogP contribution in [0.1, 0.15) is 12.8 Å². The lowest BCUT2D eigenvalue weighted by Crippen LogP contribution is -2.49. The minimum Gasteiger partial charge on any atom is -0.368 e. The first-order valence-corrected chi connectivity index (χ1v) is 8.00. The van der Waals surface area contributed by atoms with Crippen LogP contribution in [0.15, 0.2) is 30.9 Å². The van der Waals surface area contributed by atoms with Crippen molar-refractivity contribution >= 4 is 23.6 Å². The summed E-state index contributed by atoms with van der Waals surface area (Å²) >= 11 is 0. The Morgan fingerprint density at radius 2 is 2.12 bits per heavy atom. The molecule has 0 bridgehead atoms. The highest BCUT2D eigenvalue weighted by atomic mass is 16.2. The third-order valence-electron chi connectivity index (χ3n) is 3.80. The van der Waals surface area contributed by atoms with Crippen LogP contribution in [0.3, 0.4) is 0 Å². The van der Waals surface area contributed by atoms with Gasteiger partial charge in [0.2, 0.25) is 11.9 Å². The molecule has 1 aliphatic heterocycles. The number of primary amides is 1. The van der Waals surface area contributed by atoms with Crippen LogP contribution in [-0.4, -0.2) is 50.8 Å². The van der Waals surface area contributed by atoms with E-state index < -0.39 is 5.91 Å². The monoisotopic (exact) mass is 344 g/mol. The predicted molar refractivity (Wildman–Crippen MR) is 90.8 cm³/mol. The first-order chi connectivity index (χ1) is 12.1. The van der Waals surface area contributed by atoms with Crippen molar-refractivity contribution in [3.63, 3.8) is 0 Å². The number of piperidine rings is 1. The van der Waals surface area contributed by atoms with Gasteiger partial charge < -0.3 is 21.3 Å². The molecule has 1 fully saturated rings. The summed E-state index contributed by atoms with van der Waals surface area (Å²) in [6, 6.07) is 1.45. The maximum Gasteiger partial charge on any atom is 0.319 e. The van der Waals surface area contributed by atoms with Crippen molar-refractivity contribution in [2.24, 2.45) is 5.73 Å². The molecule has 1 atom stereocenters. The van der Waals surface area contributed by atoms with E-state index in [4.69, 9.17) is 5.73 Å². The van der Waals surface area contributed by atoms with E-state index in [0.29, 0.717) is 18.2 Å². The van der Waals surface area contributed by atoms with Crippen LogP contribution in [0, 0.1) is 0 Å². The van der Waals surface area contributed by atoms with E-state index in [0.717, 1.165) is 19.4 Å². The maximum absolute atomic E-state index is 12.2. The van der Waals surface area contributed by atoms with Crippen molar-refractivity contribution in [1.29, 1.82) is 0 Å². The molecule has 3 amide bonds. The number of urea groups is 1. The molecule has 1 aliphatic rings. The van der Waals surface area contributed by atoms with Crippen LogP contribution < -0.4 is 21.3 Å². The predicted octanol–water partition coefficient (Wildman–Crippen LogP) is -0.0511. The van der Waals surface area contributed by atoms with Crippen LogP contribution in [0.25, 0.3) is 0 Å². The van der Waals surface area contributed by atoms with Crippen molar-refractivity contribution < 1.29 is 9.59 Å². The summed E-state index contributed by atoms with van der Waals surface area (Å²) < 4.78 is 1.37. The highest BCUT2D eigenvalue weighted by molar-refractivity contribution is 5.89. The molecular weight excluding hydrogens is 324 g/mol. The van der Waals surface area contributed by atoms with Crippen LogP contribution in [0.2, 0.25) is 0 Å². The van der Waals surface area contributed by atoms with Crippen molar-refractivity contribution in [1.82, 2.24) is 25.1 Å². The molecule has 0 unspecified atom stereocenters. The van der Waals surface area contributed by atoms with E-state index in [-0.39, 0.29) is 18.6 Å². The van der Waals surface area contributed by atoms with Crippen molar-refractivity contribution in [2.45, 2.75) is 25.4 Å². The van der Waals surface area contributed by atoms with E-state index in [1.807, 2.05) is 0 Å². The molecule has 2 aromatic rings. The number of hydrogen-bond acceptors (Lipinski definition) is 6. The van der Waals surface area contributed by atoms with Crippen molar-refractivity contribution in [3.8, 4) is 0 Å². The minimum atomic E-state index is -0.496. The van der Waals surface area contributed by atoms with E-state index in [1.54, 1.807) is 24.7 Å². The summed E-state index contributed by atoms with van der Waals surface area (Å²) in [7, 11) is 0. The third kappa shape index (κ3) is 4.66. The standard InChI is InChI=1S/C15H20N8O2/c16-13(24)10-23-9-12(7-19-23)21-15(25)20-11-3-1-6-22(8-11)14-17-4-2-5-18-14/h2,4-5,7,9,11H,1,3,6,8,10H2,(H2,16,24)(H2,20,21,25)/t11-/m0/s1. The topological polar surface area (TPSA) is 131 Å². The summed E-state index contributed by atoms with van der Waals surface area (Å²) in [6.45, 7) is 1.49. The quantitative estimate of drug-likeness (QED) is 0.697. The maximum atomic E-state index is 12.2. The first-order valence-electron chi connectivity index (χ1n) is 8.00. The summed E-state index contributed by atoms with van der Waals surface area (Å²) in [5.74, 6) is 0.173. The smallest absolute Gasteiger partial charge is 0.319 e. The number of aromatic nitrogens is 4. The van der Waals surface area contributed by atoms with Crippen molar-refractivity contribution in [3.05, 3.63) is 30.9 Å². The van der Waals surface area contributed by atoms with Crippen molar-refractivity contribution in [2.75, 3.05) is 23.3 Å². The average Bonchev–Trinajstić information content (AvgIpc) is 3.02. The van der Waals surface area contributed by atoms with Gasteiger partial charge in [-0.25, -0.2) is 14.8 Å². The SMILES string of the molecule is NC(=O)Cn1cc(NC(=O)N[C@H]2CCCN(c3ncccn3)C2)cn1. The number of anilines is 2. The fraction of sp³-hybridized carbons (Fsp3) is 0.400. The number of hydrogen-bond donors (Lipinski definition) is 3. The van der Waals surface area contributed by atoms with Crippen LogP contribution in [0.4, 0.5) is 16.4 Å². The molecule has 0 aromatic carbocycles. The molecule has 0 saturated carbocycles. The summed E-state index contributed by atoms with van der Waals surface area (Å²) in [4.78, 5) is 33.6. The van der Waals surface area contributed by atoms with Gasteiger partial charge in [-0.15, -0.1) is 0 Å². The molecule has 132 valence electrons. The zero-order chi connectivity index (χ0) is 17.6. The molecule has 10 nitrogen and oxygen atoms in total. The largest absolute Gasteiger partial charge is 0.368 e. The number of amides is 3. The summed E-state index contributed by atoms with van der Waals surface area (Å²) in [5.41, 5.74) is 5.60. The lowest BCUT2D eigenvalue weighted by Gasteiger charge is -2.33. The summed E-state index contributed by atoms with van der Waals surface area (Å²) in [6.07, 6.45) is 8.26. The molecule has 1 saturated heterocycles. The van der Waals surface area contributed by atoms with E-state index in [1.165, 1.54) is 10.9 Å². The van der Waals surface area contributed by atoms with Gasteiger partial charge in [-0.1, -0.05) is 0 Å². The highest BCUT2D eigenvalue weighted by Crippen LogP contribution is 2.15. The fourth-order valence-electron chi connectivity index (χ4n) is 2.76. The van der Waals surface area contributed by atoms with Gasteiger partial charge >= 0.3 is 6.03 Å². The lowest BCUT2D eigenvalue weighted by atomic mass is 10.1. The molecule has 3 rings (SSSR count). The molecule has 0 aliphatic carbocycles. The number of rotatable bonds is 5. The normalized spacial score (nSPS) is 17.1. The van der Waals surface area contributed by atoms with Gasteiger partial charge in [0.25, 0.3) is 0 Å². The molecule has 10 heteroatoms. The molecule has 0 radical (unpaired) electrons. The van der Waals surface area contributed by atoms with Gasteiger partial charge in [0.15, 0.2) is 0 Å². The molecule has 25 heavy (non-hydrogen) atoms. The number of carbonyl (C=O) groups is 2. The second-order valence-electron chi connectivity index (χ2n) is 5.83. The highest BCUT2D eigenvalue weighted by Gasteiger charge is 2.23. The third-order valence-corrected chi connectivity index (χ3v) is 3.80. The van der Waals surface area contributed by atoms with Gasteiger partial charge in [-0.2, -0.15) is 5.10 Å². The zero-order valence-corrected chi connectivity index (χ0v) is 13.6. The Morgan fingerprint density at radius 3 is 2.88 bits per heavy atom. The number of carbonyl (C=O) groups excluding carboxylic acids is 2. The van der Waals surface area contributed by atoms with Gasteiger partial charge in [0.1, 0.15) is 6.54 Å². The summed E-state index contributed by atoms with van der Waals surface area (Å²) in [5, 5.41) is 9.60. The second-order valence-corrected chi connectivity index (χ2v) is 5.83. The molecule has 4 N–H and O–H groups in total. The van der Waals surface area contributed by atoms with Gasteiger partial charge in [-0.3, -0.25) is 9.48 Å². The van der Waals surface area contributed by atoms with Gasteiger partial charge in [0, 0.05) is 37.7 Å². The number of nitrogens with zero attached hydrogens (tertiary/aromatic N) is 5. The number of nitrogens with two attached hydrogens (primary N) is 1. The molecule has 2 aromatic heterocycles. The molecular formula is C15H20N8O2.